The molecule has 2 aliphatic heterocycles. The third-order valence-electron chi connectivity index (χ3n) is 7.98. The Hall–Kier alpha value is -4.72. The molecule has 0 saturated carbocycles. The topological polar surface area (TPSA) is 83.8 Å². The van der Waals surface area contributed by atoms with E-state index in [0.29, 0.717) is 47.3 Å². The summed E-state index contributed by atoms with van der Waals surface area (Å²) in [5.74, 6) is 0.444. The molecular formula is C36H38N4O4. The van der Waals surface area contributed by atoms with Crippen molar-refractivity contribution in [1.29, 1.82) is 0 Å². The van der Waals surface area contributed by atoms with E-state index in [9.17, 15) is 9.59 Å². The summed E-state index contributed by atoms with van der Waals surface area (Å²) in [5, 5.41) is 3.55. The zero-order chi connectivity index (χ0) is 31.6. The van der Waals surface area contributed by atoms with Crippen molar-refractivity contribution in [3.63, 3.8) is 0 Å². The molecule has 2 aliphatic rings. The van der Waals surface area contributed by atoms with Crippen LogP contribution in [0.3, 0.4) is 0 Å². The number of hydrogen-bond donors (Lipinski definition) is 0. The number of ether oxygens (including phenoxy) is 2. The first-order chi connectivity index (χ1) is 20.8. The summed E-state index contributed by atoms with van der Waals surface area (Å²) in [6, 6.07) is 19.8. The molecule has 0 radical (unpaired) electrons. The maximum atomic E-state index is 14.0. The quantitative estimate of drug-likeness (QED) is 0.278. The first-order valence-electron chi connectivity index (χ1n) is 14.8. The highest BCUT2D eigenvalue weighted by Crippen LogP contribution is 2.44. The van der Waals surface area contributed by atoms with E-state index < -0.39 is 11.1 Å². The van der Waals surface area contributed by atoms with Crippen LogP contribution in [0.1, 0.15) is 59.5 Å². The summed E-state index contributed by atoms with van der Waals surface area (Å²) < 4.78 is 12.6. The van der Waals surface area contributed by atoms with Crippen LogP contribution in [0, 0.1) is 0 Å². The van der Waals surface area contributed by atoms with Gasteiger partial charge in [-0.1, -0.05) is 48.5 Å². The first-order valence-corrected chi connectivity index (χ1v) is 14.8. The Labute approximate surface area is 258 Å². The Kier molecular flexibility index (Phi) is 6.99. The molecule has 0 bridgehead atoms. The molecule has 0 saturated heterocycles. The Morgan fingerprint density at radius 2 is 0.977 bits per heavy atom. The van der Waals surface area contributed by atoms with E-state index in [2.05, 4.69) is 0 Å². The van der Waals surface area contributed by atoms with Crippen LogP contribution in [0.4, 0.5) is 0 Å². The second-order valence-electron chi connectivity index (χ2n) is 13.2. The molecule has 8 nitrogen and oxygen atoms in total. The van der Waals surface area contributed by atoms with E-state index in [-0.39, 0.29) is 11.8 Å². The van der Waals surface area contributed by atoms with Crippen LogP contribution in [0.25, 0.3) is 32.7 Å². The van der Waals surface area contributed by atoms with Crippen molar-refractivity contribution in [2.75, 3.05) is 41.4 Å². The molecular weight excluding hydrogens is 552 g/mol. The highest BCUT2D eigenvalue weighted by Gasteiger charge is 2.37. The van der Waals surface area contributed by atoms with Crippen LogP contribution >= 0.6 is 0 Å². The largest absolute Gasteiger partial charge is 0.475 e. The SMILES string of the molecule is CN(C)C(=O)c1cc2ccccc2c(-c2c(C3=NC(C)(C)CO3)c(C(=O)N(C)C)cc3ccccc23)c1C1=NC(C)(C)CO1. The van der Waals surface area contributed by atoms with Gasteiger partial charge in [-0.2, -0.15) is 0 Å². The van der Waals surface area contributed by atoms with Gasteiger partial charge >= 0.3 is 0 Å². The molecule has 2 amide bonds. The van der Waals surface area contributed by atoms with Crippen molar-refractivity contribution in [2.45, 2.75) is 38.8 Å². The van der Waals surface area contributed by atoms with E-state index >= 15 is 0 Å². The number of nitrogens with zero attached hydrogens (tertiary/aromatic N) is 4. The molecule has 2 heterocycles. The Morgan fingerprint density at radius 3 is 1.30 bits per heavy atom. The molecule has 0 spiro atoms. The van der Waals surface area contributed by atoms with Gasteiger partial charge in [0.05, 0.1) is 33.3 Å². The van der Waals surface area contributed by atoms with Crippen molar-refractivity contribution in [3.8, 4) is 11.1 Å². The summed E-state index contributed by atoms with van der Waals surface area (Å²) in [6.45, 7) is 8.79. The molecule has 0 aromatic heterocycles. The van der Waals surface area contributed by atoms with Gasteiger partial charge in [0.25, 0.3) is 11.8 Å². The van der Waals surface area contributed by atoms with Crippen molar-refractivity contribution in [1.82, 2.24) is 9.80 Å². The number of fused-ring (bicyclic) bond motifs is 2. The molecule has 6 rings (SSSR count). The van der Waals surface area contributed by atoms with Crippen LogP contribution in [0.2, 0.25) is 0 Å². The smallest absolute Gasteiger partial charge is 0.254 e. The van der Waals surface area contributed by atoms with Gasteiger partial charge < -0.3 is 19.3 Å². The standard InChI is InChI=1S/C36H38N4O4/c1-35(2)19-43-31(37-35)29-25(33(41)39(5)6)17-21-13-9-11-15-23(21)27(29)28-24-16-12-10-14-22(24)18-26(34(42)40(7)8)30(28)32-38-36(3,4)20-44-32/h9-18H,19-20H2,1-8H3. The fourth-order valence-corrected chi connectivity index (χ4v) is 5.90. The summed E-state index contributed by atoms with van der Waals surface area (Å²) in [4.78, 5) is 41.1. The maximum absolute atomic E-state index is 14.0. The van der Waals surface area contributed by atoms with Crippen molar-refractivity contribution < 1.29 is 19.1 Å². The molecule has 0 N–H and O–H groups in total. The number of carbonyl (C=O) groups is 2. The van der Waals surface area contributed by atoms with Gasteiger partial charge in [0.1, 0.15) is 13.2 Å². The summed E-state index contributed by atoms with van der Waals surface area (Å²) in [6.07, 6.45) is 0. The van der Waals surface area contributed by atoms with Gasteiger partial charge in [0.2, 0.25) is 11.8 Å². The minimum atomic E-state index is -0.479. The van der Waals surface area contributed by atoms with E-state index in [0.717, 1.165) is 32.7 Å². The van der Waals surface area contributed by atoms with Crippen LogP contribution in [-0.2, 0) is 9.47 Å². The van der Waals surface area contributed by atoms with Gasteiger partial charge in [-0.05, 0) is 61.4 Å². The van der Waals surface area contributed by atoms with E-state index in [1.165, 1.54) is 0 Å². The second kappa shape index (κ2) is 10.5. The third-order valence-corrected chi connectivity index (χ3v) is 7.98. The molecule has 4 aromatic rings. The lowest BCUT2D eigenvalue weighted by atomic mass is 9.82. The molecule has 4 aromatic carbocycles. The van der Waals surface area contributed by atoms with E-state index in [1.54, 1.807) is 38.0 Å². The normalized spacial score (nSPS) is 16.7. The minimum absolute atomic E-state index is 0.176. The Morgan fingerprint density at radius 1 is 0.614 bits per heavy atom. The molecule has 0 aliphatic carbocycles. The molecule has 0 atom stereocenters. The highest BCUT2D eigenvalue weighted by atomic mass is 16.5. The Bertz CT molecular complexity index is 1780. The van der Waals surface area contributed by atoms with Crippen LogP contribution in [-0.4, -0.2) is 85.9 Å². The van der Waals surface area contributed by atoms with Gasteiger partial charge in [0.15, 0.2) is 0 Å². The van der Waals surface area contributed by atoms with Crippen molar-refractivity contribution in [2.24, 2.45) is 9.98 Å². The molecule has 0 unspecified atom stereocenters. The molecule has 0 fully saturated rings. The zero-order valence-corrected chi connectivity index (χ0v) is 26.6. The van der Waals surface area contributed by atoms with Crippen molar-refractivity contribution in [3.05, 3.63) is 82.9 Å². The molecule has 226 valence electrons. The van der Waals surface area contributed by atoms with E-state index in [4.69, 9.17) is 19.5 Å². The second-order valence-corrected chi connectivity index (χ2v) is 13.2. The number of aliphatic imine (C=N–C) groups is 2. The predicted octanol–water partition coefficient (Wildman–Crippen LogP) is 6.17. The first kappa shape index (κ1) is 29.4. The van der Waals surface area contributed by atoms with Crippen molar-refractivity contribution >= 4 is 45.2 Å². The monoisotopic (exact) mass is 590 g/mol. The lowest BCUT2D eigenvalue weighted by Gasteiger charge is -2.24. The number of carbonyl (C=O) groups excluding carboxylic acids is 2. The third kappa shape index (κ3) is 4.98. The fourth-order valence-electron chi connectivity index (χ4n) is 5.90. The lowest BCUT2D eigenvalue weighted by molar-refractivity contribution is 0.0820. The van der Waals surface area contributed by atoms with Crippen LogP contribution in [0.5, 0.6) is 0 Å². The number of hydrogen-bond acceptors (Lipinski definition) is 6. The molecule has 44 heavy (non-hydrogen) atoms. The maximum Gasteiger partial charge on any atom is 0.254 e. The minimum Gasteiger partial charge on any atom is -0.475 e. The van der Waals surface area contributed by atoms with Gasteiger partial charge in [-0.3, -0.25) is 9.59 Å². The number of amides is 2. The number of rotatable bonds is 5. The fraction of sp³-hybridized carbons (Fsp3) is 0.333. The summed E-state index contributed by atoms with van der Waals surface area (Å²) >= 11 is 0. The van der Waals surface area contributed by atoms with Gasteiger partial charge in [-0.15, -0.1) is 0 Å². The van der Waals surface area contributed by atoms with E-state index in [1.807, 2.05) is 88.4 Å². The Balaban J connectivity index is 1.89. The zero-order valence-electron chi connectivity index (χ0n) is 26.6. The number of benzene rings is 4. The highest BCUT2D eigenvalue weighted by molar-refractivity contribution is 6.25. The average molecular weight is 591 g/mol. The molecule has 8 heteroatoms. The van der Waals surface area contributed by atoms with Crippen LogP contribution < -0.4 is 0 Å². The summed E-state index contributed by atoms with van der Waals surface area (Å²) in [7, 11) is 6.95. The predicted molar refractivity (Wildman–Crippen MR) is 176 cm³/mol. The van der Waals surface area contributed by atoms with Gasteiger partial charge in [-0.25, -0.2) is 9.98 Å². The average Bonchev–Trinajstić information content (AvgIpc) is 3.54. The van der Waals surface area contributed by atoms with Crippen LogP contribution in [0.15, 0.2) is 70.6 Å². The van der Waals surface area contributed by atoms with Gasteiger partial charge in [0, 0.05) is 39.3 Å². The lowest BCUT2D eigenvalue weighted by Crippen LogP contribution is -2.26. The summed E-state index contributed by atoms with van der Waals surface area (Å²) in [5.41, 5.74) is 2.65.